The fraction of sp³-hybridized carbons (Fsp3) is 0.316. The summed E-state index contributed by atoms with van der Waals surface area (Å²) in [5.74, 6) is -0.216. The predicted molar refractivity (Wildman–Crippen MR) is 108 cm³/mol. The summed E-state index contributed by atoms with van der Waals surface area (Å²) in [5.41, 5.74) is 0.350. The Balaban J connectivity index is 1.96. The van der Waals surface area contributed by atoms with Crippen LogP contribution in [0.15, 0.2) is 53.4 Å². The number of rotatable bonds is 5. The number of carbonyl (C=O) groups is 1. The van der Waals surface area contributed by atoms with Gasteiger partial charge < -0.3 is 4.90 Å². The summed E-state index contributed by atoms with van der Waals surface area (Å²) in [6.07, 6.45) is 2.96. The first-order valence-electron chi connectivity index (χ1n) is 8.69. The third kappa shape index (κ3) is 4.75. The molecule has 0 aliphatic carbocycles. The first-order chi connectivity index (χ1) is 12.9. The lowest BCUT2D eigenvalue weighted by Crippen LogP contribution is -2.44. The van der Waals surface area contributed by atoms with Crippen LogP contribution in [0.1, 0.15) is 19.3 Å². The second kappa shape index (κ2) is 8.50. The van der Waals surface area contributed by atoms with Crippen molar-refractivity contribution in [3.05, 3.63) is 58.6 Å². The number of sulfonamides is 1. The summed E-state index contributed by atoms with van der Waals surface area (Å²) in [6.45, 7) is 1.04. The van der Waals surface area contributed by atoms with Gasteiger partial charge in [-0.25, -0.2) is 8.42 Å². The number of benzene rings is 2. The Labute approximate surface area is 169 Å². The number of anilines is 1. The number of likely N-dealkylation sites (tertiary alicyclic amines) is 1. The molecule has 144 valence electrons. The fourth-order valence-corrected chi connectivity index (χ4v) is 4.76. The van der Waals surface area contributed by atoms with E-state index in [-0.39, 0.29) is 17.3 Å². The molecule has 5 nitrogen and oxygen atoms in total. The molecule has 0 spiro atoms. The molecule has 0 bridgehead atoms. The number of hydrogen-bond acceptors (Lipinski definition) is 3. The van der Waals surface area contributed by atoms with Gasteiger partial charge in [-0.1, -0.05) is 29.3 Å². The molecule has 2 aromatic carbocycles. The van der Waals surface area contributed by atoms with E-state index in [0.717, 1.165) is 23.6 Å². The molecular formula is C19H20Cl2N2O3S. The van der Waals surface area contributed by atoms with Crippen LogP contribution in [-0.4, -0.2) is 38.9 Å². The molecule has 27 heavy (non-hydrogen) atoms. The SMILES string of the molecule is O=C(CN(c1cccc(Cl)c1)S(=O)(=O)c1ccc(Cl)cc1)N1CCCCC1. The molecule has 0 unspecified atom stereocenters. The Hall–Kier alpha value is -1.76. The van der Waals surface area contributed by atoms with Crippen LogP contribution in [-0.2, 0) is 14.8 Å². The maximum atomic E-state index is 13.2. The molecule has 3 rings (SSSR count). The average molecular weight is 427 g/mol. The van der Waals surface area contributed by atoms with E-state index in [1.165, 1.54) is 24.3 Å². The Bertz CT molecular complexity index is 911. The molecular weight excluding hydrogens is 407 g/mol. The zero-order chi connectivity index (χ0) is 19.4. The molecule has 0 atom stereocenters. The molecule has 1 aliphatic rings. The van der Waals surface area contributed by atoms with E-state index in [1.807, 2.05) is 0 Å². The van der Waals surface area contributed by atoms with Gasteiger partial charge in [0.15, 0.2) is 0 Å². The topological polar surface area (TPSA) is 57.7 Å². The van der Waals surface area contributed by atoms with Crippen molar-refractivity contribution >= 4 is 44.8 Å². The first-order valence-corrected chi connectivity index (χ1v) is 10.9. The summed E-state index contributed by atoms with van der Waals surface area (Å²) in [5, 5.41) is 0.835. The van der Waals surface area contributed by atoms with Gasteiger partial charge in [0.25, 0.3) is 10.0 Å². The Morgan fingerprint density at radius 3 is 2.26 bits per heavy atom. The summed E-state index contributed by atoms with van der Waals surface area (Å²) < 4.78 is 27.6. The molecule has 0 radical (unpaired) electrons. The smallest absolute Gasteiger partial charge is 0.264 e. The number of halogens is 2. The van der Waals surface area contributed by atoms with Gasteiger partial charge in [0.2, 0.25) is 5.91 Å². The average Bonchev–Trinajstić information content (AvgIpc) is 2.67. The predicted octanol–water partition coefficient (Wildman–Crippen LogP) is 4.20. The Morgan fingerprint density at radius 1 is 0.963 bits per heavy atom. The van der Waals surface area contributed by atoms with Gasteiger partial charge >= 0.3 is 0 Å². The molecule has 1 fully saturated rings. The molecule has 1 aliphatic heterocycles. The van der Waals surface area contributed by atoms with Crippen molar-refractivity contribution in [2.75, 3.05) is 23.9 Å². The van der Waals surface area contributed by atoms with Crippen LogP contribution in [0.5, 0.6) is 0 Å². The molecule has 1 amide bonds. The molecule has 1 heterocycles. The fourth-order valence-electron chi connectivity index (χ4n) is 3.05. The summed E-state index contributed by atoms with van der Waals surface area (Å²) in [4.78, 5) is 14.6. The van der Waals surface area contributed by atoms with Crippen LogP contribution in [0.3, 0.4) is 0 Å². The van der Waals surface area contributed by atoms with Gasteiger partial charge in [-0.2, -0.15) is 0 Å². The van der Waals surface area contributed by atoms with Crippen molar-refractivity contribution in [1.29, 1.82) is 0 Å². The highest BCUT2D eigenvalue weighted by molar-refractivity contribution is 7.92. The van der Waals surface area contributed by atoms with Gasteiger partial charge in [-0.15, -0.1) is 0 Å². The minimum atomic E-state index is -3.95. The van der Waals surface area contributed by atoms with Crippen LogP contribution in [0.25, 0.3) is 0 Å². The van der Waals surface area contributed by atoms with Gasteiger partial charge in [0.1, 0.15) is 6.54 Å². The minimum Gasteiger partial charge on any atom is -0.341 e. The highest BCUT2D eigenvalue weighted by atomic mass is 35.5. The maximum absolute atomic E-state index is 13.2. The van der Waals surface area contributed by atoms with Gasteiger partial charge in [0, 0.05) is 23.1 Å². The third-order valence-electron chi connectivity index (χ3n) is 4.49. The number of amides is 1. The molecule has 1 saturated heterocycles. The van der Waals surface area contributed by atoms with Crippen LogP contribution >= 0.6 is 23.2 Å². The number of piperidine rings is 1. The number of hydrogen-bond donors (Lipinski definition) is 0. The van der Waals surface area contributed by atoms with Crippen LogP contribution in [0, 0.1) is 0 Å². The van der Waals surface area contributed by atoms with E-state index in [2.05, 4.69) is 0 Å². The maximum Gasteiger partial charge on any atom is 0.264 e. The Kier molecular flexibility index (Phi) is 6.29. The zero-order valence-electron chi connectivity index (χ0n) is 14.6. The summed E-state index contributed by atoms with van der Waals surface area (Å²) >= 11 is 11.9. The van der Waals surface area contributed by atoms with Crippen molar-refractivity contribution < 1.29 is 13.2 Å². The number of nitrogens with zero attached hydrogens (tertiary/aromatic N) is 2. The minimum absolute atomic E-state index is 0.0679. The summed E-state index contributed by atoms with van der Waals surface area (Å²) in [7, 11) is -3.95. The lowest BCUT2D eigenvalue weighted by molar-refractivity contribution is -0.130. The number of carbonyl (C=O) groups excluding carboxylic acids is 1. The lowest BCUT2D eigenvalue weighted by atomic mass is 10.1. The molecule has 0 aromatic heterocycles. The van der Waals surface area contributed by atoms with Gasteiger partial charge in [0.05, 0.1) is 10.6 Å². The largest absolute Gasteiger partial charge is 0.341 e. The summed E-state index contributed by atoms with van der Waals surface area (Å²) in [6, 6.07) is 12.4. The third-order valence-corrected chi connectivity index (χ3v) is 6.76. The molecule has 2 aromatic rings. The van der Waals surface area contributed by atoms with E-state index in [9.17, 15) is 13.2 Å². The highest BCUT2D eigenvalue weighted by Crippen LogP contribution is 2.27. The van der Waals surface area contributed by atoms with Crippen molar-refractivity contribution in [3.63, 3.8) is 0 Å². The monoisotopic (exact) mass is 426 g/mol. The van der Waals surface area contributed by atoms with Crippen molar-refractivity contribution in [3.8, 4) is 0 Å². The van der Waals surface area contributed by atoms with Crippen LogP contribution in [0.4, 0.5) is 5.69 Å². The Morgan fingerprint density at radius 2 is 1.63 bits per heavy atom. The van der Waals surface area contributed by atoms with Gasteiger partial charge in [-0.05, 0) is 61.7 Å². The molecule has 8 heteroatoms. The normalized spacial score (nSPS) is 14.8. The first kappa shape index (κ1) is 20.0. The van der Waals surface area contributed by atoms with Crippen molar-refractivity contribution in [1.82, 2.24) is 4.90 Å². The van der Waals surface area contributed by atoms with E-state index in [1.54, 1.807) is 29.2 Å². The highest BCUT2D eigenvalue weighted by Gasteiger charge is 2.29. The quantitative estimate of drug-likeness (QED) is 0.719. The van der Waals surface area contributed by atoms with E-state index in [0.29, 0.717) is 28.8 Å². The van der Waals surface area contributed by atoms with Crippen molar-refractivity contribution in [2.45, 2.75) is 24.2 Å². The van der Waals surface area contributed by atoms with Crippen molar-refractivity contribution in [2.24, 2.45) is 0 Å². The lowest BCUT2D eigenvalue weighted by Gasteiger charge is -2.30. The molecule has 0 N–H and O–H groups in total. The van der Waals surface area contributed by atoms with E-state index >= 15 is 0 Å². The zero-order valence-corrected chi connectivity index (χ0v) is 17.0. The standard InChI is InChI=1S/C19H20Cl2N2O3S/c20-15-7-9-18(10-8-15)27(25,26)23(17-6-4-5-16(21)13-17)14-19(24)22-11-2-1-3-12-22/h4-10,13H,1-3,11-12,14H2. The van der Waals surface area contributed by atoms with Gasteiger partial charge in [-0.3, -0.25) is 9.10 Å². The second-order valence-corrected chi connectivity index (χ2v) is 9.12. The van der Waals surface area contributed by atoms with Crippen LogP contribution < -0.4 is 4.31 Å². The van der Waals surface area contributed by atoms with Crippen LogP contribution in [0.2, 0.25) is 10.0 Å². The van der Waals surface area contributed by atoms with E-state index in [4.69, 9.17) is 23.2 Å². The molecule has 0 saturated carbocycles. The van der Waals surface area contributed by atoms with E-state index < -0.39 is 10.0 Å². The second-order valence-electron chi connectivity index (χ2n) is 6.39.